The highest BCUT2D eigenvalue weighted by atomic mass is 32.2. The van der Waals surface area contributed by atoms with Gasteiger partial charge in [0.05, 0.1) is 23.8 Å². The number of nitrogens with zero attached hydrogens (tertiary/aromatic N) is 3. The first kappa shape index (κ1) is 21.7. The third-order valence-electron chi connectivity index (χ3n) is 5.54. The second-order valence-corrected chi connectivity index (χ2v) is 9.75. The Morgan fingerprint density at radius 2 is 1.85 bits per heavy atom. The maximum Gasteiger partial charge on any atom is 0.231 e. The Morgan fingerprint density at radius 1 is 1.09 bits per heavy atom. The molecule has 8 heteroatoms. The summed E-state index contributed by atoms with van der Waals surface area (Å²) >= 11 is 3.10. The quantitative estimate of drug-likeness (QED) is 0.330. The molecule has 0 saturated heterocycles. The van der Waals surface area contributed by atoms with E-state index in [1.807, 2.05) is 66.0 Å². The Balaban J connectivity index is 1.32. The molecule has 1 N–H and O–H groups in total. The minimum absolute atomic E-state index is 0.0484. The number of carbonyl (C=O) groups excluding carboxylic acids is 1. The van der Waals surface area contributed by atoms with Crippen molar-refractivity contribution in [1.82, 2.24) is 20.1 Å². The van der Waals surface area contributed by atoms with Crippen molar-refractivity contribution < 1.29 is 9.53 Å². The van der Waals surface area contributed by atoms with Crippen molar-refractivity contribution in [2.75, 3.05) is 12.9 Å². The summed E-state index contributed by atoms with van der Waals surface area (Å²) in [7, 11) is 1.65. The first-order valence-electron chi connectivity index (χ1n) is 10.8. The molecule has 0 unspecified atom stereocenters. The minimum atomic E-state index is -0.242. The SMILES string of the molecule is COc1ccc([C@H](NC(=O)CSc2nnc(-c3cccs3)n2C2CC2)c2ccccc2)cc1. The highest BCUT2D eigenvalue weighted by molar-refractivity contribution is 7.99. The van der Waals surface area contributed by atoms with Crippen LogP contribution in [0.4, 0.5) is 0 Å². The second kappa shape index (κ2) is 9.80. The van der Waals surface area contributed by atoms with Gasteiger partial charge in [-0.2, -0.15) is 0 Å². The summed E-state index contributed by atoms with van der Waals surface area (Å²) in [5.74, 6) is 1.91. The molecule has 5 rings (SSSR count). The van der Waals surface area contributed by atoms with Crippen molar-refractivity contribution in [1.29, 1.82) is 0 Å². The number of aromatic nitrogens is 3. The predicted octanol–water partition coefficient (Wildman–Crippen LogP) is 5.35. The van der Waals surface area contributed by atoms with Crippen LogP contribution in [0.2, 0.25) is 0 Å². The molecular weight excluding hydrogens is 452 g/mol. The molecule has 1 atom stereocenters. The van der Waals surface area contributed by atoms with Gasteiger partial charge in [-0.15, -0.1) is 21.5 Å². The largest absolute Gasteiger partial charge is 0.497 e. The third kappa shape index (κ3) is 4.96. The van der Waals surface area contributed by atoms with Gasteiger partial charge in [0.2, 0.25) is 5.91 Å². The highest BCUT2D eigenvalue weighted by Gasteiger charge is 2.30. The summed E-state index contributed by atoms with van der Waals surface area (Å²) in [6.07, 6.45) is 2.26. The molecule has 2 aromatic carbocycles. The molecule has 1 aliphatic rings. The zero-order valence-corrected chi connectivity index (χ0v) is 19.8. The number of rotatable bonds is 9. The topological polar surface area (TPSA) is 69.0 Å². The lowest BCUT2D eigenvalue weighted by atomic mass is 9.98. The predicted molar refractivity (Wildman–Crippen MR) is 132 cm³/mol. The second-order valence-electron chi connectivity index (χ2n) is 7.86. The van der Waals surface area contributed by atoms with E-state index < -0.39 is 0 Å². The van der Waals surface area contributed by atoms with Crippen LogP contribution in [0.1, 0.15) is 36.1 Å². The summed E-state index contributed by atoms with van der Waals surface area (Å²) in [4.78, 5) is 14.1. The fraction of sp³-hybridized carbons (Fsp3) is 0.240. The number of methoxy groups -OCH3 is 1. The number of nitrogens with one attached hydrogen (secondary N) is 1. The van der Waals surface area contributed by atoms with E-state index in [0.717, 1.165) is 45.6 Å². The Morgan fingerprint density at radius 3 is 2.52 bits per heavy atom. The van der Waals surface area contributed by atoms with Crippen LogP contribution in [0.15, 0.2) is 77.3 Å². The molecule has 1 amide bonds. The maximum atomic E-state index is 13.0. The maximum absolute atomic E-state index is 13.0. The average molecular weight is 477 g/mol. The van der Waals surface area contributed by atoms with Crippen LogP contribution in [-0.2, 0) is 4.79 Å². The lowest BCUT2D eigenvalue weighted by Gasteiger charge is -2.20. The molecule has 0 bridgehead atoms. The van der Waals surface area contributed by atoms with Crippen LogP contribution >= 0.6 is 23.1 Å². The van der Waals surface area contributed by atoms with Crippen LogP contribution in [0.25, 0.3) is 10.7 Å². The van der Waals surface area contributed by atoms with E-state index in [-0.39, 0.29) is 17.7 Å². The fourth-order valence-corrected chi connectivity index (χ4v) is 5.27. The Bertz CT molecular complexity index is 1200. The molecule has 0 aliphatic heterocycles. The van der Waals surface area contributed by atoms with Crippen LogP contribution in [-0.4, -0.2) is 33.5 Å². The van der Waals surface area contributed by atoms with E-state index in [0.29, 0.717) is 6.04 Å². The molecule has 1 fully saturated rings. The molecule has 0 radical (unpaired) electrons. The highest BCUT2D eigenvalue weighted by Crippen LogP contribution is 2.41. The van der Waals surface area contributed by atoms with Gasteiger partial charge in [0.1, 0.15) is 5.75 Å². The van der Waals surface area contributed by atoms with Gasteiger partial charge >= 0.3 is 0 Å². The number of thiophene rings is 1. The van der Waals surface area contributed by atoms with Crippen molar-refractivity contribution in [2.24, 2.45) is 0 Å². The summed E-state index contributed by atoms with van der Waals surface area (Å²) in [5, 5.41) is 14.9. The van der Waals surface area contributed by atoms with Crippen LogP contribution < -0.4 is 10.1 Å². The molecule has 33 heavy (non-hydrogen) atoms. The molecule has 2 aromatic heterocycles. The summed E-state index contributed by atoms with van der Waals surface area (Å²) in [6, 6.07) is 22.1. The van der Waals surface area contributed by atoms with Crippen LogP contribution in [0, 0.1) is 0 Å². The van der Waals surface area contributed by atoms with Gasteiger partial charge < -0.3 is 10.1 Å². The van der Waals surface area contributed by atoms with E-state index >= 15 is 0 Å². The number of thioether (sulfide) groups is 1. The molecule has 0 spiro atoms. The smallest absolute Gasteiger partial charge is 0.231 e. The van der Waals surface area contributed by atoms with Crippen molar-refractivity contribution in [3.05, 3.63) is 83.2 Å². The fourth-order valence-electron chi connectivity index (χ4n) is 3.74. The van der Waals surface area contributed by atoms with Crippen molar-refractivity contribution >= 4 is 29.0 Å². The summed E-state index contributed by atoms with van der Waals surface area (Å²) in [5.41, 5.74) is 2.03. The minimum Gasteiger partial charge on any atom is -0.497 e. The van der Waals surface area contributed by atoms with E-state index in [4.69, 9.17) is 4.74 Å². The van der Waals surface area contributed by atoms with Gasteiger partial charge in [-0.05, 0) is 47.5 Å². The van der Waals surface area contributed by atoms with Gasteiger partial charge in [0.25, 0.3) is 0 Å². The average Bonchev–Trinajstić information content (AvgIpc) is 3.37. The van der Waals surface area contributed by atoms with E-state index in [9.17, 15) is 4.79 Å². The Hall–Kier alpha value is -3.10. The lowest BCUT2D eigenvalue weighted by molar-refractivity contribution is -0.119. The van der Waals surface area contributed by atoms with Crippen molar-refractivity contribution in [2.45, 2.75) is 30.1 Å². The number of ether oxygens (including phenoxy) is 1. The van der Waals surface area contributed by atoms with Gasteiger partial charge in [0, 0.05) is 6.04 Å². The van der Waals surface area contributed by atoms with Crippen LogP contribution in [0.3, 0.4) is 0 Å². The number of hydrogen-bond donors (Lipinski definition) is 1. The molecule has 1 aliphatic carbocycles. The normalized spacial score (nSPS) is 14.1. The van der Waals surface area contributed by atoms with E-state index in [2.05, 4.69) is 26.1 Å². The standard InChI is InChI=1S/C25H24N4O2S2/c1-31-20-13-9-18(10-14-20)23(17-6-3-2-4-7-17)26-22(30)16-33-25-28-27-24(21-8-5-15-32-21)29(25)19-11-12-19/h2-10,13-15,19,23H,11-12,16H2,1H3,(H,26,30)/t23-/m1/s1. The molecule has 4 aromatic rings. The van der Waals surface area contributed by atoms with E-state index in [1.165, 1.54) is 11.8 Å². The molecule has 6 nitrogen and oxygen atoms in total. The third-order valence-corrected chi connectivity index (χ3v) is 7.35. The summed E-state index contributed by atoms with van der Waals surface area (Å²) < 4.78 is 7.48. The van der Waals surface area contributed by atoms with Gasteiger partial charge in [-0.3, -0.25) is 9.36 Å². The zero-order chi connectivity index (χ0) is 22.6. The van der Waals surface area contributed by atoms with Crippen LogP contribution in [0.5, 0.6) is 5.75 Å². The van der Waals surface area contributed by atoms with Crippen molar-refractivity contribution in [3.63, 3.8) is 0 Å². The number of carbonyl (C=O) groups is 1. The number of amides is 1. The van der Waals surface area contributed by atoms with Gasteiger partial charge in [-0.25, -0.2) is 0 Å². The molecule has 168 valence electrons. The summed E-state index contributed by atoms with van der Waals surface area (Å²) in [6.45, 7) is 0. The monoisotopic (exact) mass is 476 g/mol. The molecular formula is C25H24N4O2S2. The number of hydrogen-bond acceptors (Lipinski definition) is 6. The van der Waals surface area contributed by atoms with E-state index in [1.54, 1.807) is 18.4 Å². The zero-order valence-electron chi connectivity index (χ0n) is 18.2. The number of benzene rings is 2. The first-order valence-corrected chi connectivity index (χ1v) is 12.7. The first-order chi connectivity index (χ1) is 16.2. The molecule has 1 saturated carbocycles. The van der Waals surface area contributed by atoms with Gasteiger partial charge in [-0.1, -0.05) is 60.3 Å². The van der Waals surface area contributed by atoms with Crippen molar-refractivity contribution in [3.8, 4) is 16.5 Å². The Kier molecular flexibility index (Phi) is 6.46. The van der Waals surface area contributed by atoms with Gasteiger partial charge in [0.15, 0.2) is 11.0 Å². The lowest BCUT2D eigenvalue weighted by Crippen LogP contribution is -2.30. The Labute approximate surface area is 201 Å². The molecule has 2 heterocycles.